The van der Waals surface area contributed by atoms with Crippen molar-refractivity contribution in [1.29, 1.82) is 0 Å². The summed E-state index contributed by atoms with van der Waals surface area (Å²) in [6.45, 7) is 3.52. The van der Waals surface area contributed by atoms with Gasteiger partial charge in [-0.05, 0) is 12.5 Å². The molecular weight excluding hydrogens is 443 g/mol. The summed E-state index contributed by atoms with van der Waals surface area (Å²) in [6.07, 6.45) is -1.69. The Morgan fingerprint density at radius 1 is 1.07 bits per heavy atom. The van der Waals surface area contributed by atoms with Crippen LogP contribution in [-0.2, 0) is 28.6 Å². The molecule has 0 heterocycles. The predicted octanol–water partition coefficient (Wildman–Crippen LogP) is 3.13. The molecule has 164 valence electrons. The Bertz CT molecular complexity index is 863. The molecule has 30 heavy (non-hydrogen) atoms. The summed E-state index contributed by atoms with van der Waals surface area (Å²) in [5.74, 6) is -2.30. The van der Waals surface area contributed by atoms with Gasteiger partial charge in [-0.15, -0.1) is 0 Å². The Balaban J connectivity index is 2.39. The zero-order valence-corrected chi connectivity index (χ0v) is 17.9. The van der Waals surface area contributed by atoms with Gasteiger partial charge >= 0.3 is 17.9 Å². The van der Waals surface area contributed by atoms with Gasteiger partial charge in [-0.2, -0.15) is 0 Å². The van der Waals surface area contributed by atoms with E-state index in [2.05, 4.69) is 5.32 Å². The van der Waals surface area contributed by atoms with Crippen LogP contribution in [0, 0.1) is 16.0 Å². The molecule has 2 rings (SSSR count). The van der Waals surface area contributed by atoms with E-state index >= 15 is 0 Å². The van der Waals surface area contributed by atoms with Gasteiger partial charge in [0.25, 0.3) is 5.69 Å². The minimum atomic E-state index is -0.985. The number of rotatable bonds is 7. The highest BCUT2D eigenvalue weighted by molar-refractivity contribution is 6.42. The molecule has 1 aliphatic carbocycles. The third-order valence-corrected chi connectivity index (χ3v) is 5.14. The van der Waals surface area contributed by atoms with Gasteiger partial charge < -0.3 is 19.5 Å². The Morgan fingerprint density at radius 2 is 1.63 bits per heavy atom. The highest BCUT2D eigenvalue weighted by Gasteiger charge is 2.48. The van der Waals surface area contributed by atoms with Crippen molar-refractivity contribution in [2.45, 2.75) is 45.4 Å². The molecule has 12 heteroatoms. The van der Waals surface area contributed by atoms with Crippen LogP contribution < -0.4 is 5.32 Å². The van der Waals surface area contributed by atoms with Crippen molar-refractivity contribution in [1.82, 2.24) is 0 Å². The van der Waals surface area contributed by atoms with Crippen molar-refractivity contribution in [2.75, 3.05) is 11.9 Å². The first kappa shape index (κ1) is 23.7. The number of nitrogens with zero attached hydrogens (tertiary/aromatic N) is 1. The number of nitro benzene ring substituents is 1. The largest absolute Gasteiger partial charge is 0.465 e. The van der Waals surface area contributed by atoms with Gasteiger partial charge in [-0.3, -0.25) is 24.5 Å². The Hall–Kier alpha value is -2.59. The van der Waals surface area contributed by atoms with E-state index in [1.165, 1.54) is 26.8 Å². The van der Waals surface area contributed by atoms with Crippen LogP contribution >= 0.6 is 23.2 Å². The highest BCUT2D eigenvalue weighted by Crippen LogP contribution is 2.38. The Kier molecular flexibility index (Phi) is 7.85. The summed E-state index contributed by atoms with van der Waals surface area (Å²) in [5.41, 5.74) is -0.287. The lowest BCUT2D eigenvalue weighted by molar-refractivity contribution is -0.384. The van der Waals surface area contributed by atoms with Gasteiger partial charge in [-0.25, -0.2) is 0 Å². The lowest BCUT2D eigenvalue weighted by atomic mass is 10.1. The zero-order chi connectivity index (χ0) is 22.6. The van der Waals surface area contributed by atoms with Gasteiger partial charge in [0.15, 0.2) is 6.10 Å². The summed E-state index contributed by atoms with van der Waals surface area (Å²) < 4.78 is 15.7. The molecule has 1 N–H and O–H groups in total. The summed E-state index contributed by atoms with van der Waals surface area (Å²) in [4.78, 5) is 45.2. The minimum Gasteiger partial charge on any atom is -0.465 e. The molecule has 1 aliphatic rings. The van der Waals surface area contributed by atoms with Crippen LogP contribution in [0.15, 0.2) is 12.1 Å². The van der Waals surface area contributed by atoms with Crippen molar-refractivity contribution in [3.05, 3.63) is 32.3 Å². The number of ether oxygens (including phenoxy) is 3. The fourth-order valence-electron chi connectivity index (χ4n) is 3.32. The summed E-state index contributed by atoms with van der Waals surface area (Å²) in [7, 11) is 0. The van der Waals surface area contributed by atoms with Gasteiger partial charge in [0, 0.05) is 32.8 Å². The molecule has 4 atom stereocenters. The predicted molar refractivity (Wildman–Crippen MR) is 106 cm³/mol. The first-order valence-electron chi connectivity index (χ1n) is 8.87. The van der Waals surface area contributed by atoms with Gasteiger partial charge in [-0.1, -0.05) is 23.2 Å². The van der Waals surface area contributed by atoms with E-state index < -0.39 is 47.0 Å². The number of nitrogens with one attached hydrogen (secondary N) is 1. The van der Waals surface area contributed by atoms with E-state index in [1.807, 2.05) is 0 Å². The SMILES string of the molecule is CC(=O)OC[C@@H]1C[C@H](Nc2cc(Cl)c(Cl)cc2[N+](=O)[O-])[C@@H](OC(C)=O)[C@H]1OC(C)=O. The van der Waals surface area contributed by atoms with Crippen LogP contribution in [0.4, 0.5) is 11.4 Å². The monoisotopic (exact) mass is 462 g/mol. The molecule has 10 nitrogen and oxygen atoms in total. The van der Waals surface area contributed by atoms with Crippen LogP contribution in [0.5, 0.6) is 0 Å². The number of hydrogen-bond acceptors (Lipinski definition) is 9. The number of esters is 3. The minimum absolute atomic E-state index is 0.00222. The molecule has 0 aromatic heterocycles. The first-order chi connectivity index (χ1) is 14.0. The van der Waals surface area contributed by atoms with Crippen LogP contribution in [0.2, 0.25) is 10.0 Å². The van der Waals surface area contributed by atoms with Gasteiger partial charge in [0.05, 0.1) is 27.6 Å². The second-order valence-electron chi connectivity index (χ2n) is 6.74. The number of benzene rings is 1. The first-order valence-corrected chi connectivity index (χ1v) is 9.63. The summed E-state index contributed by atoms with van der Waals surface area (Å²) >= 11 is 11.9. The van der Waals surface area contributed by atoms with E-state index in [0.29, 0.717) is 0 Å². The smallest absolute Gasteiger partial charge is 0.303 e. The summed E-state index contributed by atoms with van der Waals surface area (Å²) in [5, 5.41) is 14.4. The number of nitro groups is 1. The third-order valence-electron chi connectivity index (χ3n) is 4.42. The maximum Gasteiger partial charge on any atom is 0.303 e. The zero-order valence-electron chi connectivity index (χ0n) is 16.3. The maximum absolute atomic E-state index is 11.7. The molecule has 0 radical (unpaired) electrons. The summed E-state index contributed by atoms with van der Waals surface area (Å²) in [6, 6.07) is 1.68. The lowest BCUT2D eigenvalue weighted by Gasteiger charge is -2.26. The van der Waals surface area contributed by atoms with Crippen LogP contribution in [0.3, 0.4) is 0 Å². The molecule has 1 saturated carbocycles. The fourth-order valence-corrected chi connectivity index (χ4v) is 3.64. The second kappa shape index (κ2) is 9.94. The van der Waals surface area contributed by atoms with Crippen molar-refractivity contribution in [2.24, 2.45) is 5.92 Å². The van der Waals surface area contributed by atoms with Crippen LogP contribution in [0.1, 0.15) is 27.2 Å². The Morgan fingerprint density at radius 3 is 2.17 bits per heavy atom. The fraction of sp³-hybridized carbons (Fsp3) is 0.500. The van der Waals surface area contributed by atoms with E-state index in [-0.39, 0.29) is 34.4 Å². The number of halogens is 2. The molecule has 0 aliphatic heterocycles. The molecular formula is C18H20Cl2N2O8. The average Bonchev–Trinajstić information content (AvgIpc) is 2.91. The molecule has 0 unspecified atom stereocenters. The number of hydrogen-bond donors (Lipinski definition) is 1. The molecule has 0 bridgehead atoms. The molecule has 1 fully saturated rings. The maximum atomic E-state index is 11.7. The van der Waals surface area contributed by atoms with Gasteiger partial charge in [0.2, 0.25) is 0 Å². The van der Waals surface area contributed by atoms with Crippen LogP contribution in [-0.4, -0.2) is 47.7 Å². The normalized spacial score (nSPS) is 22.8. The van der Waals surface area contributed by atoms with E-state index in [0.717, 1.165) is 6.07 Å². The van der Waals surface area contributed by atoms with Crippen molar-refractivity contribution in [3.8, 4) is 0 Å². The molecule has 1 aromatic carbocycles. The highest BCUT2D eigenvalue weighted by atomic mass is 35.5. The van der Waals surface area contributed by atoms with Gasteiger partial charge in [0.1, 0.15) is 11.8 Å². The number of anilines is 1. The second-order valence-corrected chi connectivity index (χ2v) is 7.55. The standard InChI is InChI=1S/C18H20Cl2N2O8/c1-8(23)28-7-11-4-15(18(30-10(3)25)17(11)29-9(2)24)21-14-5-12(19)13(20)6-16(14)22(26)27/h5-6,11,15,17-18,21H,4,7H2,1-3H3/t11-,15-,17-,18+/m0/s1. The number of carbonyl (C=O) groups is 3. The van der Waals surface area contributed by atoms with Crippen molar-refractivity contribution in [3.63, 3.8) is 0 Å². The Labute approximate surface area is 181 Å². The van der Waals surface area contributed by atoms with E-state index in [1.54, 1.807) is 0 Å². The van der Waals surface area contributed by atoms with E-state index in [4.69, 9.17) is 37.4 Å². The third kappa shape index (κ3) is 5.96. The molecule has 0 amide bonds. The molecule has 0 saturated heterocycles. The molecule has 0 spiro atoms. The molecule has 1 aromatic rings. The van der Waals surface area contributed by atoms with Crippen molar-refractivity contribution >= 4 is 52.5 Å². The lowest BCUT2D eigenvalue weighted by Crippen LogP contribution is -2.41. The quantitative estimate of drug-likeness (QED) is 0.280. The van der Waals surface area contributed by atoms with Crippen molar-refractivity contribution < 1.29 is 33.5 Å². The number of carbonyl (C=O) groups excluding carboxylic acids is 3. The van der Waals surface area contributed by atoms with Crippen LogP contribution in [0.25, 0.3) is 0 Å². The average molecular weight is 463 g/mol. The van der Waals surface area contributed by atoms with E-state index in [9.17, 15) is 24.5 Å². The topological polar surface area (TPSA) is 134 Å².